The summed E-state index contributed by atoms with van der Waals surface area (Å²) >= 11 is 0. The lowest BCUT2D eigenvalue weighted by molar-refractivity contribution is -0.119. The van der Waals surface area contributed by atoms with Crippen molar-refractivity contribution in [1.29, 1.82) is 5.26 Å². The summed E-state index contributed by atoms with van der Waals surface area (Å²) in [6.07, 6.45) is 0.526. The minimum Gasteiger partial charge on any atom is -0.463 e. The van der Waals surface area contributed by atoms with Crippen LogP contribution in [0.4, 0.5) is 0 Å². The Morgan fingerprint density at radius 1 is 1.56 bits per heavy atom. The molecule has 96 valence electrons. The fourth-order valence-electron chi connectivity index (χ4n) is 1.51. The summed E-state index contributed by atoms with van der Waals surface area (Å²) in [5, 5.41) is 11.3. The quantitative estimate of drug-likeness (QED) is 0.788. The Morgan fingerprint density at radius 2 is 2.28 bits per heavy atom. The highest BCUT2D eigenvalue weighted by Gasteiger charge is 2.15. The zero-order valence-electron chi connectivity index (χ0n) is 10.2. The molecule has 0 aliphatic carbocycles. The molecule has 1 unspecified atom stereocenters. The predicted octanol–water partition coefficient (Wildman–Crippen LogP) is 1.03. The number of rotatable bonds is 5. The molecule has 0 aliphatic heterocycles. The second-order valence-corrected chi connectivity index (χ2v) is 3.72. The van der Waals surface area contributed by atoms with E-state index in [2.05, 4.69) is 10.1 Å². The van der Waals surface area contributed by atoms with Crippen LogP contribution < -0.4 is 5.32 Å². The summed E-state index contributed by atoms with van der Waals surface area (Å²) in [5.74, 6) is -0.150. The van der Waals surface area contributed by atoms with Gasteiger partial charge in [0.25, 0.3) is 0 Å². The van der Waals surface area contributed by atoms with Crippen LogP contribution in [0.15, 0.2) is 16.5 Å². The molecule has 1 heterocycles. The molecule has 6 heteroatoms. The molecule has 6 nitrogen and oxygen atoms in total. The van der Waals surface area contributed by atoms with Crippen molar-refractivity contribution >= 4 is 11.9 Å². The molecule has 0 radical (unpaired) electrons. The minimum atomic E-state index is -0.558. The number of nitrogens with zero attached hydrogens (tertiary/aromatic N) is 1. The number of carbonyl (C=O) groups excluding carboxylic acids is 2. The second-order valence-electron chi connectivity index (χ2n) is 3.72. The average molecular weight is 250 g/mol. The molecular weight excluding hydrogens is 236 g/mol. The SMILES string of the molecule is COC(=O)c1ccc(CC(CC#N)NC(C)=O)o1. The molecule has 0 fully saturated rings. The molecule has 0 aromatic carbocycles. The molecule has 0 aliphatic rings. The van der Waals surface area contributed by atoms with Gasteiger partial charge in [-0.25, -0.2) is 4.79 Å². The number of amides is 1. The molecule has 1 aromatic heterocycles. The van der Waals surface area contributed by atoms with E-state index in [1.807, 2.05) is 6.07 Å². The first-order valence-electron chi connectivity index (χ1n) is 5.38. The lowest BCUT2D eigenvalue weighted by Gasteiger charge is -2.12. The van der Waals surface area contributed by atoms with Crippen LogP contribution in [0.5, 0.6) is 0 Å². The fourth-order valence-corrected chi connectivity index (χ4v) is 1.51. The molecule has 1 atom stereocenters. The number of hydrogen-bond acceptors (Lipinski definition) is 5. The molecule has 1 N–H and O–H groups in total. The Morgan fingerprint density at radius 3 is 2.83 bits per heavy atom. The number of hydrogen-bond donors (Lipinski definition) is 1. The summed E-state index contributed by atoms with van der Waals surface area (Å²) in [5.41, 5.74) is 0. The number of methoxy groups -OCH3 is 1. The van der Waals surface area contributed by atoms with Gasteiger partial charge in [-0.3, -0.25) is 4.79 Å². The molecule has 0 bridgehead atoms. The van der Waals surface area contributed by atoms with Gasteiger partial charge in [0.15, 0.2) is 0 Å². The summed E-state index contributed by atoms with van der Waals surface area (Å²) in [6, 6.07) is 4.78. The van der Waals surface area contributed by atoms with E-state index in [0.717, 1.165) is 0 Å². The lowest BCUT2D eigenvalue weighted by atomic mass is 10.1. The standard InChI is InChI=1S/C12H14N2O4/c1-8(15)14-9(5-6-13)7-10-3-4-11(18-10)12(16)17-2/h3-4,9H,5,7H2,1-2H3,(H,14,15). The molecule has 0 spiro atoms. The molecule has 0 saturated carbocycles. The first-order valence-corrected chi connectivity index (χ1v) is 5.38. The lowest BCUT2D eigenvalue weighted by Crippen LogP contribution is -2.34. The maximum Gasteiger partial charge on any atom is 0.373 e. The van der Waals surface area contributed by atoms with Crippen molar-refractivity contribution in [2.24, 2.45) is 0 Å². The summed E-state index contributed by atoms with van der Waals surface area (Å²) in [4.78, 5) is 22.1. The zero-order chi connectivity index (χ0) is 13.5. The Balaban J connectivity index is 2.69. The van der Waals surface area contributed by atoms with Crippen LogP contribution in [0.25, 0.3) is 0 Å². The van der Waals surface area contributed by atoms with Crippen molar-refractivity contribution in [2.75, 3.05) is 7.11 Å². The van der Waals surface area contributed by atoms with Crippen LogP contribution in [-0.2, 0) is 16.0 Å². The van der Waals surface area contributed by atoms with Gasteiger partial charge in [0.05, 0.1) is 19.6 Å². The third kappa shape index (κ3) is 3.94. The van der Waals surface area contributed by atoms with Crippen molar-refractivity contribution in [1.82, 2.24) is 5.32 Å². The third-order valence-corrected chi connectivity index (χ3v) is 2.24. The van der Waals surface area contributed by atoms with Crippen molar-refractivity contribution in [3.8, 4) is 6.07 Å². The van der Waals surface area contributed by atoms with Gasteiger partial charge in [0.2, 0.25) is 11.7 Å². The monoisotopic (exact) mass is 250 g/mol. The Labute approximate surface area is 105 Å². The van der Waals surface area contributed by atoms with Crippen LogP contribution in [0.2, 0.25) is 0 Å². The smallest absolute Gasteiger partial charge is 0.373 e. The van der Waals surface area contributed by atoms with Gasteiger partial charge in [-0.05, 0) is 12.1 Å². The summed E-state index contributed by atoms with van der Waals surface area (Å²) in [6.45, 7) is 1.38. The van der Waals surface area contributed by atoms with Crippen LogP contribution >= 0.6 is 0 Å². The third-order valence-electron chi connectivity index (χ3n) is 2.24. The first-order chi connectivity index (χ1) is 8.56. The van der Waals surface area contributed by atoms with E-state index in [4.69, 9.17) is 9.68 Å². The fraction of sp³-hybridized carbons (Fsp3) is 0.417. The van der Waals surface area contributed by atoms with Crippen molar-refractivity contribution in [3.63, 3.8) is 0 Å². The highest BCUT2D eigenvalue weighted by Crippen LogP contribution is 2.12. The number of carbonyl (C=O) groups is 2. The minimum absolute atomic E-state index is 0.103. The topological polar surface area (TPSA) is 92.3 Å². The average Bonchev–Trinajstić information content (AvgIpc) is 2.76. The predicted molar refractivity (Wildman–Crippen MR) is 61.6 cm³/mol. The second kappa shape index (κ2) is 6.45. The van der Waals surface area contributed by atoms with Gasteiger partial charge in [-0.1, -0.05) is 0 Å². The van der Waals surface area contributed by atoms with Gasteiger partial charge in [-0.15, -0.1) is 0 Å². The summed E-state index contributed by atoms with van der Waals surface area (Å²) in [7, 11) is 1.26. The van der Waals surface area contributed by atoms with Crippen molar-refractivity contribution in [3.05, 3.63) is 23.7 Å². The van der Waals surface area contributed by atoms with E-state index < -0.39 is 5.97 Å². The Bertz CT molecular complexity index is 473. The highest BCUT2D eigenvalue weighted by molar-refractivity contribution is 5.86. The van der Waals surface area contributed by atoms with Crippen LogP contribution in [-0.4, -0.2) is 25.0 Å². The van der Waals surface area contributed by atoms with Gasteiger partial charge in [0, 0.05) is 19.4 Å². The molecule has 1 aromatic rings. The van der Waals surface area contributed by atoms with E-state index in [1.54, 1.807) is 6.07 Å². The van der Waals surface area contributed by atoms with E-state index in [9.17, 15) is 9.59 Å². The molecule has 18 heavy (non-hydrogen) atoms. The Hall–Kier alpha value is -2.29. The number of nitrogens with one attached hydrogen (secondary N) is 1. The van der Waals surface area contributed by atoms with E-state index >= 15 is 0 Å². The largest absolute Gasteiger partial charge is 0.463 e. The maximum absolute atomic E-state index is 11.2. The molecule has 1 rings (SSSR count). The van der Waals surface area contributed by atoms with Crippen molar-refractivity contribution < 1.29 is 18.7 Å². The van der Waals surface area contributed by atoms with Crippen LogP contribution in [0, 0.1) is 11.3 Å². The number of esters is 1. The molecule has 1 amide bonds. The molecular formula is C12H14N2O4. The normalized spacial score (nSPS) is 11.4. The maximum atomic E-state index is 11.2. The Kier molecular flexibility index (Phi) is 4.93. The van der Waals surface area contributed by atoms with E-state index in [0.29, 0.717) is 12.2 Å². The van der Waals surface area contributed by atoms with Gasteiger partial charge in [0.1, 0.15) is 5.76 Å². The zero-order valence-corrected chi connectivity index (χ0v) is 10.2. The van der Waals surface area contributed by atoms with Gasteiger partial charge < -0.3 is 14.5 Å². The van der Waals surface area contributed by atoms with E-state index in [-0.39, 0.29) is 24.1 Å². The van der Waals surface area contributed by atoms with Crippen LogP contribution in [0.1, 0.15) is 29.7 Å². The molecule has 0 saturated heterocycles. The first kappa shape index (κ1) is 13.8. The number of furan rings is 1. The van der Waals surface area contributed by atoms with Gasteiger partial charge in [-0.2, -0.15) is 5.26 Å². The van der Waals surface area contributed by atoms with Crippen LogP contribution in [0.3, 0.4) is 0 Å². The number of ether oxygens (including phenoxy) is 1. The van der Waals surface area contributed by atoms with Gasteiger partial charge >= 0.3 is 5.97 Å². The summed E-state index contributed by atoms with van der Waals surface area (Å²) < 4.78 is 9.77. The van der Waals surface area contributed by atoms with Crippen molar-refractivity contribution in [2.45, 2.75) is 25.8 Å². The highest BCUT2D eigenvalue weighted by atomic mass is 16.5. The van der Waals surface area contributed by atoms with E-state index in [1.165, 1.54) is 20.1 Å². The number of nitriles is 1.